The van der Waals surface area contributed by atoms with Gasteiger partial charge in [0.15, 0.2) is 0 Å². The molecule has 0 bridgehead atoms. The number of hydrogen-bond acceptors (Lipinski definition) is 5. The number of halogens is 1. The van der Waals surface area contributed by atoms with Gasteiger partial charge in [0.2, 0.25) is 0 Å². The van der Waals surface area contributed by atoms with Gasteiger partial charge in [-0.05, 0) is 36.9 Å². The minimum atomic E-state index is -0.0782. The average molecular weight is 375 g/mol. The summed E-state index contributed by atoms with van der Waals surface area (Å²) in [7, 11) is 2.17. The number of nitriles is 1. The third-order valence-electron chi connectivity index (χ3n) is 5.76. The fourth-order valence-electron chi connectivity index (χ4n) is 4.27. The van der Waals surface area contributed by atoms with E-state index in [1.807, 2.05) is 16.2 Å². The minimum Gasteiger partial charge on any atom is -0.304 e. The molecule has 0 saturated carbocycles. The van der Waals surface area contributed by atoms with Crippen LogP contribution in [0.5, 0.6) is 0 Å². The molecule has 1 aliphatic carbocycles. The summed E-state index contributed by atoms with van der Waals surface area (Å²) in [6.07, 6.45) is 10.3. The Hall–Kier alpha value is -1.19. The Labute approximate surface area is 159 Å². The number of likely N-dealkylation sites (N-methyl/N-ethyl adjacent to an activating group) is 1. The number of hydrogen-bond donors (Lipinski definition) is 0. The van der Waals surface area contributed by atoms with Gasteiger partial charge in [-0.2, -0.15) is 5.26 Å². The van der Waals surface area contributed by atoms with Crippen LogP contribution in [-0.4, -0.2) is 59.4 Å². The highest BCUT2D eigenvalue weighted by molar-refractivity contribution is 8.02. The van der Waals surface area contributed by atoms with Crippen molar-refractivity contribution in [1.82, 2.24) is 14.2 Å². The molecule has 0 N–H and O–H groups in total. The van der Waals surface area contributed by atoms with Crippen molar-refractivity contribution in [1.29, 1.82) is 5.26 Å². The van der Waals surface area contributed by atoms with Crippen LogP contribution in [0.1, 0.15) is 12.8 Å². The van der Waals surface area contributed by atoms with Crippen molar-refractivity contribution in [2.75, 3.05) is 39.0 Å². The lowest BCUT2D eigenvalue weighted by molar-refractivity contribution is 0.0859. The predicted octanol–water partition coefficient (Wildman–Crippen LogP) is 3.33. The number of piperazine rings is 1. The zero-order valence-corrected chi connectivity index (χ0v) is 16.1. The lowest BCUT2D eigenvalue weighted by Gasteiger charge is -2.44. The molecular formula is C19H23ClN4S. The molecule has 0 aromatic carbocycles. The van der Waals surface area contributed by atoms with Gasteiger partial charge in [-0.1, -0.05) is 17.7 Å². The number of rotatable bonds is 1. The van der Waals surface area contributed by atoms with Crippen LogP contribution in [0, 0.1) is 16.7 Å². The second-order valence-corrected chi connectivity index (χ2v) is 8.51. The van der Waals surface area contributed by atoms with Crippen LogP contribution < -0.4 is 0 Å². The Bertz CT molecular complexity index is 711. The van der Waals surface area contributed by atoms with Crippen LogP contribution in [0.3, 0.4) is 0 Å². The van der Waals surface area contributed by atoms with Crippen molar-refractivity contribution in [2.24, 2.45) is 5.41 Å². The van der Waals surface area contributed by atoms with E-state index in [1.165, 1.54) is 16.8 Å². The monoisotopic (exact) mass is 374 g/mol. The lowest BCUT2D eigenvalue weighted by atomic mass is 9.71. The molecule has 0 unspecified atom stereocenters. The molecule has 1 spiro atoms. The maximum absolute atomic E-state index is 9.07. The van der Waals surface area contributed by atoms with Gasteiger partial charge < -0.3 is 4.90 Å². The van der Waals surface area contributed by atoms with Gasteiger partial charge in [-0.25, -0.2) is 0 Å². The largest absolute Gasteiger partial charge is 0.304 e. The Balaban J connectivity index is 1.69. The van der Waals surface area contributed by atoms with Crippen LogP contribution in [-0.2, 0) is 0 Å². The van der Waals surface area contributed by atoms with E-state index in [0.717, 1.165) is 44.8 Å². The molecule has 4 rings (SSSR count). The molecule has 0 amide bonds. The van der Waals surface area contributed by atoms with E-state index < -0.39 is 0 Å². The molecule has 132 valence electrons. The third-order valence-corrected chi connectivity index (χ3v) is 7.22. The quantitative estimate of drug-likeness (QED) is 0.519. The van der Waals surface area contributed by atoms with Crippen LogP contribution in [0.4, 0.5) is 0 Å². The van der Waals surface area contributed by atoms with Crippen molar-refractivity contribution >= 4 is 23.5 Å². The Morgan fingerprint density at radius 3 is 2.92 bits per heavy atom. The molecule has 1 saturated heterocycles. The zero-order chi connectivity index (χ0) is 17.4. The Morgan fingerprint density at radius 2 is 2.16 bits per heavy atom. The van der Waals surface area contributed by atoms with Gasteiger partial charge in [0.1, 0.15) is 6.17 Å². The smallest absolute Gasteiger partial charge is 0.117 e. The Kier molecular flexibility index (Phi) is 4.72. The molecule has 25 heavy (non-hydrogen) atoms. The van der Waals surface area contributed by atoms with E-state index in [-0.39, 0.29) is 11.6 Å². The first-order chi connectivity index (χ1) is 12.1. The topological polar surface area (TPSA) is 33.5 Å². The van der Waals surface area contributed by atoms with Gasteiger partial charge in [0, 0.05) is 60.9 Å². The van der Waals surface area contributed by atoms with Crippen LogP contribution in [0.2, 0.25) is 0 Å². The van der Waals surface area contributed by atoms with Gasteiger partial charge >= 0.3 is 0 Å². The molecule has 3 aliphatic heterocycles. The van der Waals surface area contributed by atoms with Crippen LogP contribution >= 0.6 is 23.5 Å². The van der Waals surface area contributed by atoms with Gasteiger partial charge in [0.05, 0.1) is 6.07 Å². The average Bonchev–Trinajstić information content (AvgIpc) is 2.94. The summed E-state index contributed by atoms with van der Waals surface area (Å²) >= 11 is 8.81. The lowest BCUT2D eigenvalue weighted by Crippen LogP contribution is -2.53. The summed E-state index contributed by atoms with van der Waals surface area (Å²) in [5.41, 5.74) is 3.69. The maximum Gasteiger partial charge on any atom is 0.117 e. The van der Waals surface area contributed by atoms with E-state index in [9.17, 15) is 0 Å². The van der Waals surface area contributed by atoms with Crippen molar-refractivity contribution in [3.8, 4) is 6.07 Å². The molecule has 0 radical (unpaired) electrons. The van der Waals surface area contributed by atoms with Crippen LogP contribution in [0.25, 0.3) is 0 Å². The SMILES string of the molecule is CN1CCN([C@@H]2C=CC3=CSC[C@@]34CC(=CC#N)CC=C4N2Cl)CC1. The second kappa shape index (κ2) is 6.85. The van der Waals surface area contributed by atoms with E-state index in [2.05, 4.69) is 46.6 Å². The van der Waals surface area contributed by atoms with E-state index in [0.29, 0.717) is 0 Å². The van der Waals surface area contributed by atoms with Crippen molar-refractivity contribution in [3.63, 3.8) is 0 Å². The highest BCUT2D eigenvalue weighted by atomic mass is 35.5. The van der Waals surface area contributed by atoms with Crippen LogP contribution in [0.15, 0.2) is 46.6 Å². The predicted molar refractivity (Wildman–Crippen MR) is 104 cm³/mol. The molecule has 4 aliphatic rings. The summed E-state index contributed by atoms with van der Waals surface area (Å²) in [4.78, 5) is 4.83. The van der Waals surface area contributed by atoms with Gasteiger partial charge in [-0.3, -0.25) is 9.32 Å². The normalized spacial score (nSPS) is 34.8. The summed E-state index contributed by atoms with van der Waals surface area (Å²) in [5.74, 6) is 1.000. The summed E-state index contributed by atoms with van der Waals surface area (Å²) in [6, 6.07) is 2.21. The number of nitrogens with zero attached hydrogens (tertiary/aromatic N) is 4. The fourth-order valence-corrected chi connectivity index (χ4v) is 5.96. The number of allylic oxidation sites excluding steroid dienone is 5. The minimum absolute atomic E-state index is 0.0782. The van der Waals surface area contributed by atoms with E-state index >= 15 is 0 Å². The summed E-state index contributed by atoms with van der Waals surface area (Å²) < 4.78 is 1.97. The molecule has 1 fully saturated rings. The molecular weight excluding hydrogens is 352 g/mol. The highest BCUT2D eigenvalue weighted by Gasteiger charge is 2.47. The molecule has 6 heteroatoms. The first-order valence-corrected chi connectivity index (χ1v) is 10.2. The first-order valence-electron chi connectivity index (χ1n) is 8.80. The molecule has 2 atom stereocenters. The first kappa shape index (κ1) is 17.2. The Morgan fingerprint density at radius 1 is 1.36 bits per heavy atom. The summed E-state index contributed by atoms with van der Waals surface area (Å²) in [6.45, 7) is 4.21. The van der Waals surface area contributed by atoms with Gasteiger partial charge in [-0.15, -0.1) is 11.8 Å². The van der Waals surface area contributed by atoms with Crippen molar-refractivity contribution in [2.45, 2.75) is 19.0 Å². The number of thioether (sulfide) groups is 1. The zero-order valence-electron chi connectivity index (χ0n) is 14.5. The van der Waals surface area contributed by atoms with E-state index in [4.69, 9.17) is 17.0 Å². The summed E-state index contributed by atoms with van der Waals surface area (Å²) in [5, 5.41) is 11.3. The molecule has 4 nitrogen and oxygen atoms in total. The van der Waals surface area contributed by atoms with Gasteiger partial charge in [0.25, 0.3) is 0 Å². The van der Waals surface area contributed by atoms with Crippen molar-refractivity contribution < 1.29 is 0 Å². The standard InChI is InChI=1S/C19H23ClN4S/c1-22-8-10-23(11-9-22)18-5-3-16-13-25-14-19(16)12-15(6-7-21)2-4-17(19)24(18)20/h3-6,13,18H,2,8-12,14H2,1H3/t18-,19-/m0/s1. The molecule has 3 heterocycles. The molecule has 0 aromatic heterocycles. The second-order valence-electron chi connectivity index (χ2n) is 7.29. The fraction of sp³-hybridized carbons (Fsp3) is 0.526. The maximum atomic E-state index is 9.07. The third kappa shape index (κ3) is 2.96. The van der Waals surface area contributed by atoms with E-state index in [1.54, 1.807) is 6.08 Å². The highest BCUT2D eigenvalue weighted by Crippen LogP contribution is 2.55. The van der Waals surface area contributed by atoms with Crippen molar-refractivity contribution in [3.05, 3.63) is 46.6 Å². The molecule has 0 aromatic rings.